The van der Waals surface area contributed by atoms with Gasteiger partial charge in [-0.25, -0.2) is 4.98 Å². The number of nitrogens with one attached hydrogen (secondary N) is 1. The Morgan fingerprint density at radius 1 is 1.16 bits per heavy atom. The van der Waals surface area contributed by atoms with Crippen LogP contribution < -0.4 is 11.1 Å². The molecule has 188 valence electrons. The summed E-state index contributed by atoms with van der Waals surface area (Å²) in [6, 6.07) is 16.3. The number of hydrogen-bond donors (Lipinski definition) is 3. The van der Waals surface area contributed by atoms with Gasteiger partial charge in [0, 0.05) is 41.7 Å². The number of amides is 2. The number of para-hydroxylation sites is 1. The summed E-state index contributed by atoms with van der Waals surface area (Å²) in [4.78, 5) is 31.1. The number of carbonyl (C=O) groups excluding carboxylic acids is 2. The Bertz CT molecular complexity index is 1460. The molecule has 2 aromatic heterocycles. The molecule has 9 heteroatoms. The molecule has 1 atom stereocenters. The SMILES string of the molecule is C=CC(=O)N1CCC[C@@H](n2nc(-c3ccc(C(=O)Nc4ccccc4)cc3)c3c(N)ncc(CO)c32)C1. The quantitative estimate of drug-likeness (QED) is 0.349. The molecule has 1 saturated heterocycles. The van der Waals surface area contributed by atoms with E-state index in [9.17, 15) is 14.7 Å². The molecule has 0 radical (unpaired) electrons. The third-order valence-corrected chi connectivity index (χ3v) is 6.68. The highest BCUT2D eigenvalue weighted by atomic mass is 16.3. The van der Waals surface area contributed by atoms with Crippen LogP contribution in [0.1, 0.15) is 34.8 Å². The van der Waals surface area contributed by atoms with E-state index in [1.54, 1.807) is 23.2 Å². The van der Waals surface area contributed by atoms with Gasteiger partial charge in [-0.15, -0.1) is 0 Å². The van der Waals surface area contributed by atoms with E-state index in [-0.39, 0.29) is 24.5 Å². The average Bonchev–Trinajstić information content (AvgIpc) is 3.35. The zero-order valence-electron chi connectivity index (χ0n) is 20.3. The van der Waals surface area contributed by atoms with E-state index in [0.29, 0.717) is 52.3 Å². The number of carbonyl (C=O) groups is 2. The predicted molar refractivity (Wildman–Crippen MR) is 143 cm³/mol. The van der Waals surface area contributed by atoms with E-state index in [1.165, 1.54) is 6.08 Å². The second-order valence-corrected chi connectivity index (χ2v) is 9.03. The first kappa shape index (κ1) is 24.2. The Morgan fingerprint density at radius 3 is 2.62 bits per heavy atom. The maximum Gasteiger partial charge on any atom is 0.255 e. The molecule has 37 heavy (non-hydrogen) atoms. The van der Waals surface area contributed by atoms with Crippen LogP contribution in [0.15, 0.2) is 73.4 Å². The summed E-state index contributed by atoms with van der Waals surface area (Å²) in [7, 11) is 0. The number of benzene rings is 2. The van der Waals surface area contributed by atoms with Crippen molar-refractivity contribution in [2.24, 2.45) is 0 Å². The number of nitrogen functional groups attached to an aromatic ring is 1. The number of likely N-dealkylation sites (tertiary alicyclic amines) is 1. The second-order valence-electron chi connectivity index (χ2n) is 9.03. The van der Waals surface area contributed by atoms with Crippen molar-refractivity contribution in [3.05, 3.63) is 84.6 Å². The molecule has 4 N–H and O–H groups in total. The van der Waals surface area contributed by atoms with Crippen LogP contribution in [-0.2, 0) is 11.4 Å². The van der Waals surface area contributed by atoms with Gasteiger partial charge in [0.1, 0.15) is 11.5 Å². The van der Waals surface area contributed by atoms with Gasteiger partial charge < -0.3 is 21.1 Å². The van der Waals surface area contributed by atoms with E-state index in [0.717, 1.165) is 18.4 Å². The highest BCUT2D eigenvalue weighted by molar-refractivity contribution is 6.05. The summed E-state index contributed by atoms with van der Waals surface area (Å²) in [6.45, 7) is 4.52. The van der Waals surface area contributed by atoms with Crippen LogP contribution in [0.4, 0.5) is 11.5 Å². The molecule has 1 aliphatic heterocycles. The van der Waals surface area contributed by atoms with Gasteiger partial charge in [-0.05, 0) is 43.2 Å². The minimum Gasteiger partial charge on any atom is -0.392 e. The van der Waals surface area contributed by atoms with Gasteiger partial charge in [-0.2, -0.15) is 5.10 Å². The van der Waals surface area contributed by atoms with Gasteiger partial charge in [0.05, 0.1) is 23.6 Å². The van der Waals surface area contributed by atoms with Crippen LogP contribution in [0, 0.1) is 0 Å². The molecule has 5 rings (SSSR count). The van der Waals surface area contributed by atoms with E-state index in [1.807, 2.05) is 47.1 Å². The van der Waals surface area contributed by atoms with Crippen molar-refractivity contribution in [2.45, 2.75) is 25.5 Å². The molecule has 0 spiro atoms. The number of piperidine rings is 1. The molecule has 2 aromatic carbocycles. The summed E-state index contributed by atoms with van der Waals surface area (Å²) in [5, 5.41) is 18.5. The Morgan fingerprint density at radius 2 is 1.92 bits per heavy atom. The molecule has 1 aliphatic rings. The maximum absolute atomic E-state index is 12.7. The maximum atomic E-state index is 12.7. The van der Waals surface area contributed by atoms with Gasteiger partial charge in [-0.1, -0.05) is 36.9 Å². The van der Waals surface area contributed by atoms with Crippen molar-refractivity contribution in [3.8, 4) is 11.3 Å². The van der Waals surface area contributed by atoms with Crippen LogP contribution in [0.3, 0.4) is 0 Å². The Kier molecular flexibility index (Phi) is 6.70. The first-order chi connectivity index (χ1) is 18.0. The third kappa shape index (κ3) is 4.68. The highest BCUT2D eigenvalue weighted by Crippen LogP contribution is 2.36. The molecule has 4 aromatic rings. The predicted octanol–water partition coefficient (Wildman–Crippen LogP) is 3.77. The fourth-order valence-electron chi connectivity index (χ4n) is 4.83. The van der Waals surface area contributed by atoms with Crippen molar-refractivity contribution >= 4 is 34.2 Å². The molecule has 2 amide bonds. The average molecular weight is 497 g/mol. The Hall–Kier alpha value is -4.50. The normalized spacial score (nSPS) is 15.5. The summed E-state index contributed by atoms with van der Waals surface area (Å²) >= 11 is 0. The van der Waals surface area contributed by atoms with Gasteiger partial charge in [-0.3, -0.25) is 14.3 Å². The van der Waals surface area contributed by atoms with E-state index in [2.05, 4.69) is 16.9 Å². The number of anilines is 2. The second kappa shape index (κ2) is 10.2. The lowest BCUT2D eigenvalue weighted by molar-refractivity contribution is -0.127. The molecule has 0 saturated carbocycles. The smallest absolute Gasteiger partial charge is 0.255 e. The number of hydrogen-bond acceptors (Lipinski definition) is 6. The molecule has 0 unspecified atom stereocenters. The van der Waals surface area contributed by atoms with E-state index in [4.69, 9.17) is 10.8 Å². The van der Waals surface area contributed by atoms with Crippen LogP contribution >= 0.6 is 0 Å². The standard InChI is InChI=1S/C28H28N6O3/c1-2-23(36)33-14-6-9-22(16-33)34-26-20(17-35)15-30-27(29)24(26)25(32-34)18-10-12-19(13-11-18)28(37)31-21-7-4-3-5-8-21/h2-5,7-8,10-13,15,22,35H,1,6,9,14,16-17H2,(H2,29,30)(H,31,37)/t22-/m1/s1. The molecule has 0 aliphatic carbocycles. The molecule has 0 bridgehead atoms. The minimum atomic E-state index is -0.227. The van der Waals surface area contributed by atoms with Crippen molar-refractivity contribution in [1.82, 2.24) is 19.7 Å². The summed E-state index contributed by atoms with van der Waals surface area (Å²) in [6.07, 6.45) is 4.53. The first-order valence-electron chi connectivity index (χ1n) is 12.1. The molecular formula is C28H28N6O3. The summed E-state index contributed by atoms with van der Waals surface area (Å²) in [5.74, 6) is -0.0328. The van der Waals surface area contributed by atoms with E-state index < -0.39 is 0 Å². The summed E-state index contributed by atoms with van der Waals surface area (Å²) in [5.41, 5.74) is 10.2. The number of nitrogens with two attached hydrogens (primary N) is 1. The van der Waals surface area contributed by atoms with Crippen molar-refractivity contribution in [2.75, 3.05) is 24.1 Å². The largest absolute Gasteiger partial charge is 0.392 e. The van der Waals surface area contributed by atoms with Gasteiger partial charge in [0.15, 0.2) is 0 Å². The number of rotatable bonds is 6. The van der Waals surface area contributed by atoms with Crippen LogP contribution in [0.25, 0.3) is 22.2 Å². The highest BCUT2D eigenvalue weighted by Gasteiger charge is 2.28. The zero-order chi connectivity index (χ0) is 25.9. The van der Waals surface area contributed by atoms with Gasteiger partial charge >= 0.3 is 0 Å². The Balaban J connectivity index is 1.53. The minimum absolute atomic E-state index is 0.100. The lowest BCUT2D eigenvalue weighted by Gasteiger charge is -2.32. The molecule has 1 fully saturated rings. The molecule has 9 nitrogen and oxygen atoms in total. The van der Waals surface area contributed by atoms with Gasteiger partial charge in [0.25, 0.3) is 5.91 Å². The molecule has 3 heterocycles. The number of pyridine rings is 1. The lowest BCUT2D eigenvalue weighted by atomic mass is 10.0. The van der Waals surface area contributed by atoms with Crippen molar-refractivity contribution < 1.29 is 14.7 Å². The Labute approximate surface area is 214 Å². The third-order valence-electron chi connectivity index (χ3n) is 6.68. The first-order valence-corrected chi connectivity index (χ1v) is 12.1. The number of aliphatic hydroxyl groups is 1. The lowest BCUT2D eigenvalue weighted by Crippen LogP contribution is -2.40. The number of fused-ring (bicyclic) bond motifs is 1. The van der Waals surface area contributed by atoms with Crippen LogP contribution in [0.5, 0.6) is 0 Å². The number of aromatic nitrogens is 3. The van der Waals surface area contributed by atoms with Crippen LogP contribution in [-0.4, -0.2) is 49.7 Å². The fourth-order valence-corrected chi connectivity index (χ4v) is 4.83. The fraction of sp³-hybridized carbons (Fsp3) is 0.214. The van der Waals surface area contributed by atoms with Crippen LogP contribution in [0.2, 0.25) is 0 Å². The monoisotopic (exact) mass is 496 g/mol. The summed E-state index contributed by atoms with van der Waals surface area (Å²) < 4.78 is 1.87. The van der Waals surface area contributed by atoms with Gasteiger partial charge in [0.2, 0.25) is 5.91 Å². The topological polar surface area (TPSA) is 126 Å². The zero-order valence-corrected chi connectivity index (χ0v) is 20.3. The number of aliphatic hydroxyl groups excluding tert-OH is 1. The molecular weight excluding hydrogens is 468 g/mol. The van der Waals surface area contributed by atoms with Crippen molar-refractivity contribution in [3.63, 3.8) is 0 Å². The van der Waals surface area contributed by atoms with Crippen molar-refractivity contribution in [1.29, 1.82) is 0 Å². The van der Waals surface area contributed by atoms with E-state index >= 15 is 0 Å². The number of nitrogens with zero attached hydrogens (tertiary/aromatic N) is 4.